The Hall–Kier alpha value is -5.26. The summed E-state index contributed by atoms with van der Waals surface area (Å²) in [4.78, 5) is 5.35. The zero-order chi connectivity index (χ0) is 56.2. The topological polar surface area (TPSA) is 19.6 Å². The Bertz CT molecular complexity index is 3650. The first-order chi connectivity index (χ1) is 36.0. The summed E-state index contributed by atoms with van der Waals surface area (Å²) in [5, 5.41) is 2.75. The molecule has 0 saturated carbocycles. The Kier molecular flexibility index (Phi) is 11.4. The predicted molar refractivity (Wildman–Crippen MR) is 342 cm³/mol. The van der Waals surface area contributed by atoms with Gasteiger partial charge < -0.3 is 9.32 Å². The normalized spacial score (nSPS) is 20.1. The van der Waals surface area contributed by atoms with Gasteiger partial charge in [-0.25, -0.2) is 0 Å². The molecule has 406 valence electrons. The second-order valence-electron chi connectivity index (χ2n) is 32.3. The first-order valence-corrected chi connectivity index (χ1v) is 33.5. The third-order valence-electron chi connectivity index (χ3n) is 20.8. The van der Waals surface area contributed by atoms with Crippen molar-refractivity contribution in [3.8, 4) is 11.1 Å². The van der Waals surface area contributed by atoms with Crippen LogP contribution >= 0.6 is 0 Å². The van der Waals surface area contributed by atoms with Gasteiger partial charge in [0.2, 0.25) is 5.88 Å². The summed E-state index contributed by atoms with van der Waals surface area (Å²) in [5.74, 6) is 0.972. The van der Waals surface area contributed by atoms with Gasteiger partial charge >= 0.3 is 0 Å². The van der Waals surface area contributed by atoms with Crippen molar-refractivity contribution < 1.29 is 4.42 Å². The SMILES string of the molecule is CC(C)(C)c1ccc(N2c3cc4c(cc3B3c5c2cc(C(C)(C)C)cc5N(c2ccc5c(c2)C(C)(C)CCC5(C)C)c2oc5cc6c(cc5c23)C(C)(C)CCC6(C)C)C(C)(C)CCC4(C)C)c(-c2ccc([Si](C)(C)C)cc2)c1. The minimum Gasteiger partial charge on any atom is -0.440 e. The van der Waals surface area contributed by atoms with Crippen LogP contribution in [-0.4, -0.2) is 14.8 Å². The van der Waals surface area contributed by atoms with Gasteiger partial charge in [-0.3, -0.25) is 4.90 Å². The largest absolute Gasteiger partial charge is 0.440 e. The molecule has 0 atom stereocenters. The second kappa shape index (κ2) is 16.7. The van der Waals surface area contributed by atoms with Crippen LogP contribution in [-0.2, 0) is 43.3 Å². The number of rotatable bonds is 4. The molecule has 0 fully saturated rings. The van der Waals surface area contributed by atoms with Gasteiger partial charge in [0.15, 0.2) is 0 Å². The Balaban J connectivity index is 1.26. The van der Waals surface area contributed by atoms with Gasteiger partial charge in [0.25, 0.3) is 6.71 Å². The van der Waals surface area contributed by atoms with Gasteiger partial charge in [-0.1, -0.05) is 192 Å². The molecule has 5 heteroatoms. The number of furan rings is 1. The zero-order valence-electron chi connectivity index (χ0n) is 51.9. The maximum atomic E-state index is 7.78. The lowest BCUT2D eigenvalue weighted by molar-refractivity contribution is 0.332. The van der Waals surface area contributed by atoms with E-state index in [1.165, 1.54) is 117 Å². The van der Waals surface area contributed by atoms with Crippen LogP contribution in [0.4, 0.5) is 34.3 Å². The van der Waals surface area contributed by atoms with Crippen LogP contribution < -0.4 is 31.4 Å². The number of hydrogen-bond donors (Lipinski definition) is 0. The molecule has 7 aromatic rings. The smallest absolute Gasteiger partial charge is 0.257 e. The van der Waals surface area contributed by atoms with E-state index in [2.05, 4.69) is 251 Å². The standard InChI is InChI=1S/C73H91BN2OSi/c1-66(2,3)45-24-29-58(49(36-45)44-22-26-48(27-23-44)78(19,20)21)76-59-42-55-54(71(13,14)33-34-72(55,15)16)41-57(59)74-63-50-40-53-56(73(17,18)35-32-70(53,11)12)43-62(50)77-65(63)75(60-37-46(67(4,5)6)38-61(76)64(60)74)47-25-28-51-52(39-47)69(9,10)31-30-68(51,7)8/h22-29,36-43H,30-35H2,1-21H3. The highest BCUT2D eigenvalue weighted by atomic mass is 28.3. The molecule has 0 spiro atoms. The van der Waals surface area contributed by atoms with Gasteiger partial charge in [-0.15, -0.1) is 0 Å². The first-order valence-electron chi connectivity index (χ1n) is 30.0. The van der Waals surface area contributed by atoms with Gasteiger partial charge in [-0.2, -0.15) is 0 Å². The van der Waals surface area contributed by atoms with Gasteiger partial charge in [0.1, 0.15) is 5.58 Å². The molecule has 0 N–H and O–H groups in total. The summed E-state index contributed by atoms with van der Waals surface area (Å²) in [6.45, 7) is 51.3. The average Bonchev–Trinajstić information content (AvgIpc) is 3.84. The third kappa shape index (κ3) is 8.13. The first kappa shape index (κ1) is 53.4. The van der Waals surface area contributed by atoms with E-state index in [9.17, 15) is 0 Å². The molecule has 0 bridgehead atoms. The van der Waals surface area contributed by atoms with Crippen LogP contribution in [0.2, 0.25) is 19.6 Å². The average molecular weight is 1050 g/mol. The lowest BCUT2D eigenvalue weighted by atomic mass is 9.33. The van der Waals surface area contributed by atoms with Crippen LogP contribution in [0.3, 0.4) is 0 Å². The molecule has 6 aromatic carbocycles. The highest BCUT2D eigenvalue weighted by Crippen LogP contribution is 2.56. The third-order valence-corrected chi connectivity index (χ3v) is 22.8. The molecule has 1 aromatic heterocycles. The van der Waals surface area contributed by atoms with E-state index in [4.69, 9.17) is 4.42 Å². The molecule has 3 nitrogen and oxygen atoms in total. The van der Waals surface area contributed by atoms with E-state index in [1.54, 1.807) is 0 Å². The Morgan fingerprint density at radius 1 is 0.436 bits per heavy atom. The van der Waals surface area contributed by atoms with Crippen LogP contribution in [0.1, 0.15) is 208 Å². The van der Waals surface area contributed by atoms with Crippen molar-refractivity contribution in [2.75, 3.05) is 9.80 Å². The maximum absolute atomic E-state index is 7.78. The number of nitrogens with zero attached hydrogens (tertiary/aromatic N) is 2. The minimum atomic E-state index is -1.56. The van der Waals surface area contributed by atoms with Crippen LogP contribution in [0.5, 0.6) is 0 Å². The lowest BCUT2D eigenvalue weighted by Crippen LogP contribution is -2.61. The summed E-state index contributed by atoms with van der Waals surface area (Å²) in [6, 6.07) is 40.4. The van der Waals surface area contributed by atoms with Crippen molar-refractivity contribution in [2.45, 2.75) is 226 Å². The molecule has 0 radical (unpaired) electrons. The molecular formula is C73H91BN2OSi. The maximum Gasteiger partial charge on any atom is 0.257 e. The van der Waals surface area contributed by atoms with Gasteiger partial charge in [-0.05, 0) is 197 Å². The molecule has 3 aliphatic carbocycles. The number of benzene rings is 6. The van der Waals surface area contributed by atoms with E-state index < -0.39 is 8.07 Å². The summed E-state index contributed by atoms with van der Waals surface area (Å²) >= 11 is 0. The van der Waals surface area contributed by atoms with Crippen molar-refractivity contribution in [2.24, 2.45) is 0 Å². The van der Waals surface area contributed by atoms with Crippen molar-refractivity contribution in [3.05, 3.63) is 142 Å². The van der Waals surface area contributed by atoms with Crippen LogP contribution in [0, 0.1) is 0 Å². The molecule has 78 heavy (non-hydrogen) atoms. The summed E-state index contributed by atoms with van der Waals surface area (Å²) in [7, 11) is -1.56. The number of fused-ring (bicyclic) bond motifs is 9. The van der Waals surface area contributed by atoms with E-state index >= 15 is 0 Å². The van der Waals surface area contributed by atoms with Crippen molar-refractivity contribution in [1.29, 1.82) is 0 Å². The quantitative estimate of drug-likeness (QED) is 0.164. The highest BCUT2D eigenvalue weighted by Gasteiger charge is 2.51. The molecule has 0 saturated heterocycles. The van der Waals surface area contributed by atoms with E-state index in [1.807, 2.05) is 0 Å². The number of hydrogen-bond acceptors (Lipinski definition) is 3. The minimum absolute atomic E-state index is 0.00104. The number of anilines is 6. The van der Waals surface area contributed by atoms with E-state index in [0.29, 0.717) is 0 Å². The summed E-state index contributed by atoms with van der Waals surface area (Å²) < 4.78 is 7.78. The Morgan fingerprint density at radius 3 is 1.46 bits per heavy atom. The Morgan fingerprint density at radius 2 is 0.923 bits per heavy atom. The fourth-order valence-corrected chi connectivity index (χ4v) is 16.0. The van der Waals surface area contributed by atoms with Crippen LogP contribution in [0.25, 0.3) is 22.1 Å². The van der Waals surface area contributed by atoms with E-state index in [0.717, 1.165) is 43.6 Å². The Labute approximate surface area is 472 Å². The summed E-state index contributed by atoms with van der Waals surface area (Å²) in [5.41, 5.74) is 25.3. The van der Waals surface area contributed by atoms with E-state index in [-0.39, 0.29) is 50.0 Å². The van der Waals surface area contributed by atoms with Crippen molar-refractivity contribution >= 4 is 81.7 Å². The summed E-state index contributed by atoms with van der Waals surface area (Å²) in [6.07, 6.45) is 6.94. The molecular weight excluding hydrogens is 960 g/mol. The lowest BCUT2D eigenvalue weighted by Gasteiger charge is -2.47. The molecule has 0 unspecified atom stereocenters. The highest BCUT2D eigenvalue weighted by molar-refractivity contribution is 7.01. The second-order valence-corrected chi connectivity index (χ2v) is 37.4. The molecule has 12 rings (SSSR count). The fraction of sp³-hybridized carbons (Fsp3) is 0.479. The predicted octanol–water partition coefficient (Wildman–Crippen LogP) is 18.4. The monoisotopic (exact) mass is 1050 g/mol. The van der Waals surface area contributed by atoms with Crippen molar-refractivity contribution in [3.63, 3.8) is 0 Å². The van der Waals surface area contributed by atoms with Crippen LogP contribution in [0.15, 0.2) is 101 Å². The molecule has 0 amide bonds. The molecule has 2 aliphatic heterocycles. The van der Waals surface area contributed by atoms with Gasteiger partial charge in [0.05, 0.1) is 13.8 Å². The molecule has 5 aliphatic rings. The van der Waals surface area contributed by atoms with Crippen molar-refractivity contribution in [1.82, 2.24) is 0 Å². The zero-order valence-corrected chi connectivity index (χ0v) is 52.9. The van der Waals surface area contributed by atoms with Gasteiger partial charge in [0, 0.05) is 39.2 Å². The molecule has 3 heterocycles. The fourth-order valence-electron chi connectivity index (χ4n) is 14.9.